The fourth-order valence-electron chi connectivity index (χ4n) is 6.83. The SMILES string of the molecule is CCC.CCN(CC)c1ccc2c(c1)O/C(=C(/C#N)c1ccnc(-c3cc(C)ccn3)c1)C=C2C(C)OC(=O)CCC(=O)CN.[Ru].c1ccc(-c2ccccn2)nc1.c1ccc(-c2ccccn2)nc1. The van der Waals surface area contributed by atoms with E-state index in [1.807, 2.05) is 116 Å². The summed E-state index contributed by atoms with van der Waals surface area (Å²) < 4.78 is 12.1. The average Bonchev–Trinajstić information content (AvgIpc) is 3.40. The molecule has 70 heavy (non-hydrogen) atoms. The summed E-state index contributed by atoms with van der Waals surface area (Å²) in [7, 11) is 0. The van der Waals surface area contributed by atoms with Crippen LogP contribution in [0.5, 0.6) is 5.75 Å². The molecule has 0 saturated carbocycles. The van der Waals surface area contributed by atoms with Gasteiger partial charge in [0.15, 0.2) is 0 Å². The number of esters is 1. The zero-order valence-corrected chi connectivity index (χ0v) is 42.2. The fraction of sp³-hybridized carbons (Fsp3) is 0.232. The standard InChI is InChI=1S/C33H35N5O4.2C10H8N2.C3H8.Ru/c1-5-38(6-2)24-7-9-26-27(22(4)41-33(40)10-8-25(39)19-34)18-32(42-31(26)17-24)28(20-35)23-12-14-37-30(16-23)29-15-21(3)11-13-36-29;2*1-3-7-11-9(5-1)10-6-2-4-8-12-10;1-3-2;/h7,9,11-18,22H,5-6,8,10,19,34H2,1-4H3;2*1-8H;3H2,1-2H3;/b32-28-;;;;. The largest absolute Gasteiger partial charge is 0.458 e. The summed E-state index contributed by atoms with van der Waals surface area (Å²) in [6.45, 7) is 13.7. The molecule has 2 N–H and O–H groups in total. The maximum absolute atomic E-state index is 12.6. The molecule has 13 nitrogen and oxygen atoms in total. The molecule has 1 aromatic carbocycles. The van der Waals surface area contributed by atoms with Crippen LogP contribution in [0.15, 0.2) is 164 Å². The molecule has 1 aliphatic rings. The summed E-state index contributed by atoms with van der Waals surface area (Å²) in [6, 6.07) is 38.8. The molecule has 360 valence electrons. The topological polar surface area (TPSA) is 183 Å². The molecule has 0 radical (unpaired) electrons. The van der Waals surface area contributed by atoms with Crippen molar-refractivity contribution < 1.29 is 38.5 Å². The minimum atomic E-state index is -0.674. The number of ether oxygens (including phenoxy) is 2. The van der Waals surface area contributed by atoms with Crippen LogP contribution in [0.25, 0.3) is 45.3 Å². The Hall–Kier alpha value is -7.59. The fourth-order valence-corrected chi connectivity index (χ4v) is 6.83. The number of nitrogens with zero attached hydrogens (tertiary/aromatic N) is 8. The Morgan fingerprint density at radius 2 is 1.17 bits per heavy atom. The first-order valence-electron chi connectivity index (χ1n) is 23.0. The second kappa shape index (κ2) is 29.3. The van der Waals surface area contributed by atoms with Crippen LogP contribution in [0, 0.1) is 18.3 Å². The van der Waals surface area contributed by atoms with E-state index in [1.165, 1.54) is 6.42 Å². The molecule has 1 aliphatic heterocycles. The number of anilines is 1. The van der Waals surface area contributed by atoms with Gasteiger partial charge in [-0.05, 0) is 130 Å². The van der Waals surface area contributed by atoms with E-state index >= 15 is 0 Å². The molecule has 1 atom stereocenters. The summed E-state index contributed by atoms with van der Waals surface area (Å²) in [5.41, 5.74) is 14.7. The van der Waals surface area contributed by atoms with Crippen molar-refractivity contribution in [1.29, 1.82) is 5.26 Å². The normalized spacial score (nSPS) is 12.0. The molecule has 6 aromatic heterocycles. The van der Waals surface area contributed by atoms with Gasteiger partial charge in [-0.1, -0.05) is 44.5 Å². The Morgan fingerprint density at radius 1 is 0.671 bits per heavy atom. The summed E-state index contributed by atoms with van der Waals surface area (Å²) in [4.78, 5) is 52.0. The Labute approximate surface area is 424 Å². The molecule has 0 spiro atoms. The quantitative estimate of drug-likeness (QED) is 0.0655. The van der Waals surface area contributed by atoms with Crippen LogP contribution >= 0.6 is 0 Å². The van der Waals surface area contributed by atoms with E-state index in [1.54, 1.807) is 56.2 Å². The van der Waals surface area contributed by atoms with Gasteiger partial charge in [0.05, 0.1) is 47.1 Å². The molecule has 0 saturated heterocycles. The van der Waals surface area contributed by atoms with Crippen LogP contribution in [0.1, 0.15) is 70.6 Å². The van der Waals surface area contributed by atoms with Crippen LogP contribution in [0.2, 0.25) is 0 Å². The first-order valence-corrected chi connectivity index (χ1v) is 23.0. The number of benzene rings is 1. The number of carbonyl (C=O) groups excluding carboxylic acids is 2. The number of nitriles is 1. The molecule has 7 aromatic rings. The van der Waals surface area contributed by atoms with Gasteiger partial charge in [0.25, 0.3) is 0 Å². The third kappa shape index (κ3) is 16.3. The summed E-state index contributed by atoms with van der Waals surface area (Å²) in [6.07, 6.45) is 12.7. The van der Waals surface area contributed by atoms with Gasteiger partial charge in [0.2, 0.25) is 0 Å². The van der Waals surface area contributed by atoms with Crippen molar-refractivity contribution in [2.45, 2.75) is 66.9 Å². The third-order valence-electron chi connectivity index (χ3n) is 10.3. The number of ketones is 1. The van der Waals surface area contributed by atoms with Gasteiger partial charge in [-0.3, -0.25) is 39.5 Å². The summed E-state index contributed by atoms with van der Waals surface area (Å²) in [5.74, 6) is 0.164. The molecule has 14 heteroatoms. The van der Waals surface area contributed by atoms with Crippen molar-refractivity contribution in [3.05, 3.63) is 181 Å². The number of Topliss-reactive ketones (excluding diaryl/α,β-unsaturated/α-hetero) is 1. The van der Waals surface area contributed by atoms with Gasteiger partial charge in [-0.2, -0.15) is 5.26 Å². The molecule has 0 amide bonds. The van der Waals surface area contributed by atoms with E-state index in [-0.39, 0.29) is 44.6 Å². The number of fused-ring (bicyclic) bond motifs is 1. The Kier molecular flexibility index (Phi) is 23.1. The molecule has 1 unspecified atom stereocenters. The van der Waals surface area contributed by atoms with Gasteiger partial charge >= 0.3 is 5.97 Å². The minimum absolute atomic E-state index is 0. The maximum Gasteiger partial charge on any atom is 0.306 e. The van der Waals surface area contributed by atoms with Crippen molar-refractivity contribution >= 4 is 28.6 Å². The monoisotopic (exact) mass is 1020 g/mol. The Morgan fingerprint density at radius 3 is 1.63 bits per heavy atom. The van der Waals surface area contributed by atoms with E-state index in [2.05, 4.69) is 68.6 Å². The van der Waals surface area contributed by atoms with Crippen LogP contribution in [-0.4, -0.2) is 67.4 Å². The molecule has 7 heterocycles. The van der Waals surface area contributed by atoms with Crippen LogP contribution in [-0.2, 0) is 33.8 Å². The molecule has 0 bridgehead atoms. The first kappa shape index (κ1) is 55.0. The van der Waals surface area contributed by atoms with E-state index in [9.17, 15) is 14.9 Å². The zero-order valence-electron chi connectivity index (χ0n) is 40.5. The van der Waals surface area contributed by atoms with E-state index in [4.69, 9.17) is 15.2 Å². The van der Waals surface area contributed by atoms with Crippen molar-refractivity contribution in [3.8, 4) is 46.0 Å². The minimum Gasteiger partial charge on any atom is -0.458 e. The number of aromatic nitrogens is 6. The zero-order chi connectivity index (χ0) is 49.4. The van der Waals surface area contributed by atoms with Gasteiger partial charge in [0, 0.05) is 99.1 Å². The van der Waals surface area contributed by atoms with Crippen molar-refractivity contribution in [2.24, 2.45) is 5.73 Å². The number of allylic oxidation sites excluding steroid dienone is 2. The predicted octanol–water partition coefficient (Wildman–Crippen LogP) is 10.9. The van der Waals surface area contributed by atoms with E-state index < -0.39 is 12.1 Å². The van der Waals surface area contributed by atoms with Crippen molar-refractivity contribution in [2.75, 3.05) is 24.5 Å². The van der Waals surface area contributed by atoms with Crippen LogP contribution < -0.4 is 15.4 Å². The summed E-state index contributed by atoms with van der Waals surface area (Å²) in [5, 5.41) is 10.3. The maximum atomic E-state index is 12.6. The number of hydrogen-bond acceptors (Lipinski definition) is 13. The van der Waals surface area contributed by atoms with E-state index in [0.717, 1.165) is 52.7 Å². The molecular formula is C56H59N9O4Ru. The van der Waals surface area contributed by atoms with Gasteiger partial charge in [-0.15, -0.1) is 0 Å². The smallest absolute Gasteiger partial charge is 0.306 e. The summed E-state index contributed by atoms with van der Waals surface area (Å²) >= 11 is 0. The molecule has 8 rings (SSSR count). The second-order valence-corrected chi connectivity index (χ2v) is 15.5. The first-order chi connectivity index (χ1) is 33.6. The van der Waals surface area contributed by atoms with Crippen LogP contribution in [0.4, 0.5) is 5.69 Å². The van der Waals surface area contributed by atoms with Gasteiger partial charge in [0.1, 0.15) is 35.0 Å². The number of nitrogens with two attached hydrogens (primary N) is 1. The number of aryl methyl sites for hydroxylation is 1. The molecule has 0 aliphatic carbocycles. The second-order valence-electron chi connectivity index (χ2n) is 15.5. The van der Waals surface area contributed by atoms with E-state index in [0.29, 0.717) is 39.6 Å². The predicted molar refractivity (Wildman–Crippen MR) is 273 cm³/mol. The van der Waals surface area contributed by atoms with Gasteiger partial charge < -0.3 is 20.1 Å². The molecular weight excluding hydrogens is 964 g/mol. The average molecular weight is 1020 g/mol. The van der Waals surface area contributed by atoms with Crippen molar-refractivity contribution in [1.82, 2.24) is 29.9 Å². The van der Waals surface area contributed by atoms with Gasteiger partial charge in [-0.25, -0.2) is 0 Å². The number of carbonyl (C=O) groups is 2. The Balaban J connectivity index is 0.000000304. The number of pyridine rings is 6. The third-order valence-corrected chi connectivity index (χ3v) is 10.3. The number of rotatable bonds is 13. The van der Waals surface area contributed by atoms with Crippen molar-refractivity contribution in [3.63, 3.8) is 0 Å². The number of hydrogen-bond donors (Lipinski definition) is 1. The Bertz CT molecular complexity index is 2670. The van der Waals surface area contributed by atoms with Crippen LogP contribution in [0.3, 0.4) is 0 Å². The molecule has 0 fully saturated rings.